The van der Waals surface area contributed by atoms with Crippen molar-refractivity contribution in [1.29, 1.82) is 0 Å². The van der Waals surface area contributed by atoms with Gasteiger partial charge in [0.1, 0.15) is 37.3 Å². The highest BCUT2D eigenvalue weighted by molar-refractivity contribution is 5.92. The zero-order valence-corrected chi connectivity index (χ0v) is 25.1. The zero-order chi connectivity index (χ0) is 31.3. The molecule has 2 aromatic carbocycles. The molecule has 0 fully saturated rings. The predicted molar refractivity (Wildman–Crippen MR) is 161 cm³/mol. The second-order valence-corrected chi connectivity index (χ2v) is 11.0. The average molecular weight is 605 g/mol. The SMILES string of the molecule is CC[C@H](C)[C@@H]1NC(=O)[C@@H](NC(=O)OCc2ccccc2)CCCCn2nncc2COc2ccc(cc2)C[C@@H](C=O)NC1=O. The lowest BCUT2D eigenvalue weighted by Crippen LogP contribution is -2.57. The van der Waals surface area contributed by atoms with E-state index >= 15 is 0 Å². The summed E-state index contributed by atoms with van der Waals surface area (Å²) in [4.78, 5) is 51.7. The summed E-state index contributed by atoms with van der Waals surface area (Å²) in [6.45, 7) is 4.61. The highest BCUT2D eigenvalue weighted by Gasteiger charge is 2.31. The smallest absolute Gasteiger partial charge is 0.408 e. The Kier molecular flexibility index (Phi) is 11.8. The van der Waals surface area contributed by atoms with Crippen LogP contribution in [0, 0.1) is 5.92 Å². The number of aryl methyl sites for hydroxylation is 1. The molecular formula is C32H40N6O6. The fourth-order valence-corrected chi connectivity index (χ4v) is 4.86. The van der Waals surface area contributed by atoms with Gasteiger partial charge in [0, 0.05) is 6.54 Å². The van der Waals surface area contributed by atoms with E-state index in [1.165, 1.54) is 0 Å². The van der Waals surface area contributed by atoms with Crippen LogP contribution in [0.1, 0.15) is 56.4 Å². The molecule has 3 heterocycles. The van der Waals surface area contributed by atoms with E-state index in [1.807, 2.05) is 68.4 Å². The number of nitrogens with zero attached hydrogens (tertiary/aromatic N) is 3. The molecule has 3 N–H and O–H groups in total. The van der Waals surface area contributed by atoms with Crippen LogP contribution in [-0.4, -0.2) is 57.3 Å². The maximum Gasteiger partial charge on any atom is 0.408 e. The molecule has 44 heavy (non-hydrogen) atoms. The van der Waals surface area contributed by atoms with E-state index in [0.717, 1.165) is 16.8 Å². The molecule has 0 saturated carbocycles. The van der Waals surface area contributed by atoms with Gasteiger partial charge in [-0.2, -0.15) is 0 Å². The van der Waals surface area contributed by atoms with Crippen LogP contribution in [0.4, 0.5) is 4.79 Å². The Morgan fingerprint density at radius 2 is 1.89 bits per heavy atom. The summed E-state index contributed by atoms with van der Waals surface area (Å²) in [7, 11) is 0. The summed E-state index contributed by atoms with van der Waals surface area (Å²) >= 11 is 0. The van der Waals surface area contributed by atoms with Gasteiger partial charge >= 0.3 is 6.09 Å². The van der Waals surface area contributed by atoms with Gasteiger partial charge in [-0.05, 0) is 54.9 Å². The highest BCUT2D eigenvalue weighted by atomic mass is 16.5. The van der Waals surface area contributed by atoms with E-state index < -0.39 is 36.0 Å². The normalized spacial score (nSPS) is 20.6. The van der Waals surface area contributed by atoms with Gasteiger partial charge in [-0.25, -0.2) is 9.48 Å². The van der Waals surface area contributed by atoms with Gasteiger partial charge in [-0.15, -0.1) is 5.10 Å². The zero-order valence-electron chi connectivity index (χ0n) is 25.1. The Labute approximate surface area is 256 Å². The number of benzene rings is 2. The maximum absolute atomic E-state index is 13.6. The molecule has 3 aromatic rings. The predicted octanol–water partition coefficient (Wildman–Crippen LogP) is 3.09. The van der Waals surface area contributed by atoms with Crippen LogP contribution >= 0.6 is 0 Å². The van der Waals surface area contributed by atoms with Gasteiger partial charge < -0.3 is 30.2 Å². The standard InChI is InChI=1S/C32H40N6O6/c1-3-22(2)29-31(41)34-25(19-39)17-23-12-14-27(15-13-23)43-21-26-18-33-37-38(26)16-8-7-11-28(30(40)36-29)35-32(42)44-20-24-9-5-4-6-10-24/h4-6,9-10,12-15,18-19,22,25,28-29H,3,7-8,11,16-17,20-21H2,1-2H3,(H,34,41)(H,35,42)(H,36,40)/t22-,25-,28-,29-/m0/s1. The van der Waals surface area contributed by atoms with Gasteiger partial charge in [0.15, 0.2) is 0 Å². The molecule has 2 aliphatic rings. The van der Waals surface area contributed by atoms with E-state index in [2.05, 4.69) is 26.3 Å². The van der Waals surface area contributed by atoms with Crippen molar-refractivity contribution in [3.8, 4) is 5.75 Å². The van der Waals surface area contributed by atoms with Crippen LogP contribution in [0.25, 0.3) is 0 Å². The van der Waals surface area contributed by atoms with Crippen molar-refractivity contribution < 1.29 is 28.7 Å². The molecule has 0 spiro atoms. The first-order valence-corrected chi connectivity index (χ1v) is 15.0. The molecular weight excluding hydrogens is 564 g/mol. The summed E-state index contributed by atoms with van der Waals surface area (Å²) in [6.07, 6.45) is 3.96. The number of nitrogens with one attached hydrogen (secondary N) is 3. The van der Waals surface area contributed by atoms with Gasteiger partial charge in [-0.1, -0.05) is 67.9 Å². The van der Waals surface area contributed by atoms with Gasteiger partial charge in [0.2, 0.25) is 11.8 Å². The van der Waals surface area contributed by atoms with Crippen molar-refractivity contribution in [2.45, 2.75) is 83.8 Å². The molecule has 0 radical (unpaired) electrons. The second kappa shape index (κ2) is 16.2. The molecule has 12 nitrogen and oxygen atoms in total. The summed E-state index contributed by atoms with van der Waals surface area (Å²) in [6, 6.07) is 13.8. The first-order chi connectivity index (χ1) is 21.4. The van der Waals surface area contributed by atoms with Crippen LogP contribution in [0.15, 0.2) is 60.8 Å². The molecule has 2 bridgehead atoms. The second-order valence-electron chi connectivity index (χ2n) is 11.0. The molecule has 3 amide bonds. The third-order valence-corrected chi connectivity index (χ3v) is 7.68. The Morgan fingerprint density at radius 3 is 2.61 bits per heavy atom. The molecule has 0 saturated heterocycles. The van der Waals surface area contributed by atoms with Gasteiger partial charge in [-0.3, -0.25) is 9.59 Å². The summed E-state index contributed by atoms with van der Waals surface area (Å²) in [5, 5.41) is 16.5. The largest absolute Gasteiger partial charge is 0.487 e. The van der Waals surface area contributed by atoms with Gasteiger partial charge in [0.25, 0.3) is 0 Å². The number of hydrogen-bond acceptors (Lipinski definition) is 8. The molecule has 0 aliphatic carbocycles. The average Bonchev–Trinajstić information content (AvgIpc) is 3.50. The minimum Gasteiger partial charge on any atom is -0.487 e. The van der Waals surface area contributed by atoms with Crippen LogP contribution in [0.2, 0.25) is 0 Å². The molecule has 1 aromatic heterocycles. The maximum atomic E-state index is 13.6. The minimum atomic E-state index is -0.957. The minimum absolute atomic E-state index is 0.0473. The van der Waals surface area contributed by atoms with Crippen molar-refractivity contribution in [1.82, 2.24) is 30.9 Å². The van der Waals surface area contributed by atoms with E-state index in [9.17, 15) is 19.2 Å². The van der Waals surface area contributed by atoms with Crippen molar-refractivity contribution in [3.05, 3.63) is 77.6 Å². The summed E-state index contributed by atoms with van der Waals surface area (Å²) in [5.74, 6) is -0.569. The molecule has 2 aliphatic heterocycles. The third kappa shape index (κ3) is 9.38. The van der Waals surface area contributed by atoms with Gasteiger partial charge in [0.05, 0.1) is 17.9 Å². The number of carbonyl (C=O) groups excluding carboxylic acids is 4. The summed E-state index contributed by atoms with van der Waals surface area (Å²) in [5.41, 5.74) is 2.43. The van der Waals surface area contributed by atoms with Crippen LogP contribution in [0.3, 0.4) is 0 Å². The summed E-state index contributed by atoms with van der Waals surface area (Å²) < 4.78 is 13.0. The number of amides is 3. The van der Waals surface area contributed by atoms with Crippen LogP contribution in [-0.2, 0) is 45.3 Å². The van der Waals surface area contributed by atoms with E-state index in [4.69, 9.17) is 9.47 Å². The first-order valence-electron chi connectivity index (χ1n) is 15.0. The number of rotatable bonds is 6. The van der Waals surface area contributed by atoms with Crippen molar-refractivity contribution in [2.75, 3.05) is 0 Å². The highest BCUT2D eigenvalue weighted by Crippen LogP contribution is 2.17. The Morgan fingerprint density at radius 1 is 1.11 bits per heavy atom. The number of ether oxygens (including phenoxy) is 2. The molecule has 0 unspecified atom stereocenters. The van der Waals surface area contributed by atoms with Crippen molar-refractivity contribution in [2.24, 2.45) is 5.92 Å². The van der Waals surface area contributed by atoms with E-state index in [-0.39, 0.29) is 25.6 Å². The lowest BCUT2D eigenvalue weighted by atomic mass is 9.96. The van der Waals surface area contributed by atoms with Crippen LogP contribution in [0.5, 0.6) is 5.75 Å². The molecule has 4 atom stereocenters. The Hall–Kier alpha value is -4.74. The number of hydrogen-bond donors (Lipinski definition) is 3. The van der Waals surface area contributed by atoms with Crippen molar-refractivity contribution >= 4 is 24.2 Å². The van der Waals surface area contributed by atoms with E-state index in [1.54, 1.807) is 10.9 Å². The molecule has 5 rings (SSSR count). The lowest BCUT2D eigenvalue weighted by molar-refractivity contribution is -0.132. The fraction of sp³-hybridized carbons (Fsp3) is 0.438. The van der Waals surface area contributed by atoms with Crippen LogP contribution < -0.4 is 20.7 Å². The lowest BCUT2D eigenvalue weighted by Gasteiger charge is -2.27. The number of fused-ring (bicyclic) bond motifs is 14. The molecule has 234 valence electrons. The monoisotopic (exact) mass is 604 g/mol. The number of carbonyl (C=O) groups is 4. The third-order valence-electron chi connectivity index (χ3n) is 7.68. The number of alkyl carbamates (subject to hydrolysis) is 1. The Bertz CT molecular complexity index is 1380. The topological polar surface area (TPSA) is 154 Å². The quantitative estimate of drug-likeness (QED) is 0.363. The molecule has 12 heteroatoms. The Balaban J connectivity index is 1.53. The number of aldehydes is 1. The van der Waals surface area contributed by atoms with Crippen molar-refractivity contribution in [3.63, 3.8) is 0 Å². The fourth-order valence-electron chi connectivity index (χ4n) is 4.86. The van der Waals surface area contributed by atoms with E-state index in [0.29, 0.717) is 44.3 Å². The first kappa shape index (κ1) is 32.2. The number of aromatic nitrogens is 3.